The standard InChI is InChI=1S/C10H14ClNO2S/c1-13-10(14-2)6-15-9-4-3-7(12)5-8(9)11/h3-5,10H,6,12H2,1-2H3. The van der Waals surface area contributed by atoms with E-state index in [1.165, 1.54) is 0 Å². The maximum atomic E-state index is 6.02. The maximum Gasteiger partial charge on any atom is 0.166 e. The van der Waals surface area contributed by atoms with Gasteiger partial charge in [-0.1, -0.05) is 11.6 Å². The molecule has 15 heavy (non-hydrogen) atoms. The van der Waals surface area contributed by atoms with Crippen molar-refractivity contribution in [3.05, 3.63) is 23.2 Å². The van der Waals surface area contributed by atoms with Crippen LogP contribution in [0.3, 0.4) is 0 Å². The summed E-state index contributed by atoms with van der Waals surface area (Å²) >= 11 is 7.59. The number of anilines is 1. The van der Waals surface area contributed by atoms with Gasteiger partial charge in [0.15, 0.2) is 6.29 Å². The summed E-state index contributed by atoms with van der Waals surface area (Å²) in [6.45, 7) is 0. The smallest absolute Gasteiger partial charge is 0.166 e. The Morgan fingerprint density at radius 1 is 1.40 bits per heavy atom. The minimum Gasteiger partial charge on any atom is -0.399 e. The van der Waals surface area contributed by atoms with E-state index in [1.807, 2.05) is 12.1 Å². The number of ether oxygens (including phenoxy) is 2. The van der Waals surface area contributed by atoms with Crippen LogP contribution in [0.1, 0.15) is 0 Å². The normalized spacial score (nSPS) is 10.9. The molecule has 0 aromatic heterocycles. The quantitative estimate of drug-likeness (QED) is 0.494. The van der Waals surface area contributed by atoms with Crippen molar-refractivity contribution in [3.63, 3.8) is 0 Å². The average molecular weight is 248 g/mol. The number of methoxy groups -OCH3 is 2. The molecule has 0 fully saturated rings. The minimum atomic E-state index is -0.219. The Morgan fingerprint density at radius 2 is 2.07 bits per heavy atom. The van der Waals surface area contributed by atoms with Gasteiger partial charge >= 0.3 is 0 Å². The Hall–Kier alpha value is -0.420. The third-order valence-corrected chi connectivity index (χ3v) is 3.39. The van der Waals surface area contributed by atoms with Crippen LogP contribution in [0.25, 0.3) is 0 Å². The van der Waals surface area contributed by atoms with Crippen molar-refractivity contribution in [1.29, 1.82) is 0 Å². The second-order valence-electron chi connectivity index (χ2n) is 2.90. The van der Waals surface area contributed by atoms with E-state index in [9.17, 15) is 0 Å². The van der Waals surface area contributed by atoms with Gasteiger partial charge in [0, 0.05) is 30.6 Å². The molecular weight excluding hydrogens is 234 g/mol. The molecule has 2 N–H and O–H groups in total. The monoisotopic (exact) mass is 247 g/mol. The molecule has 0 aliphatic rings. The van der Waals surface area contributed by atoms with E-state index < -0.39 is 0 Å². The molecular formula is C10H14ClNO2S. The molecule has 0 atom stereocenters. The maximum absolute atomic E-state index is 6.02. The molecule has 0 aliphatic heterocycles. The van der Waals surface area contributed by atoms with E-state index >= 15 is 0 Å². The topological polar surface area (TPSA) is 44.5 Å². The van der Waals surface area contributed by atoms with Crippen molar-refractivity contribution in [2.75, 3.05) is 25.7 Å². The highest BCUT2D eigenvalue weighted by atomic mass is 35.5. The van der Waals surface area contributed by atoms with Crippen molar-refractivity contribution in [1.82, 2.24) is 0 Å². The molecule has 0 saturated carbocycles. The van der Waals surface area contributed by atoms with Gasteiger partial charge in [0.1, 0.15) is 0 Å². The van der Waals surface area contributed by atoms with Gasteiger partial charge < -0.3 is 15.2 Å². The van der Waals surface area contributed by atoms with Crippen LogP contribution in [0.15, 0.2) is 23.1 Å². The summed E-state index contributed by atoms with van der Waals surface area (Å²) in [5.74, 6) is 0.691. The Balaban J connectivity index is 2.57. The lowest BCUT2D eigenvalue weighted by Crippen LogP contribution is -2.15. The molecule has 1 aromatic rings. The van der Waals surface area contributed by atoms with Gasteiger partial charge in [-0.25, -0.2) is 0 Å². The first-order chi connectivity index (χ1) is 7.17. The lowest BCUT2D eigenvalue weighted by Gasteiger charge is -2.13. The fraction of sp³-hybridized carbons (Fsp3) is 0.400. The highest BCUT2D eigenvalue weighted by Crippen LogP contribution is 2.29. The van der Waals surface area contributed by atoms with Crippen LogP contribution >= 0.6 is 23.4 Å². The van der Waals surface area contributed by atoms with Crippen LogP contribution in [0.5, 0.6) is 0 Å². The van der Waals surface area contributed by atoms with Crippen LogP contribution in [0.2, 0.25) is 5.02 Å². The van der Waals surface area contributed by atoms with Crippen LogP contribution in [0, 0.1) is 0 Å². The van der Waals surface area contributed by atoms with Gasteiger partial charge in [-0.3, -0.25) is 0 Å². The van der Waals surface area contributed by atoms with Gasteiger partial charge in [0.25, 0.3) is 0 Å². The average Bonchev–Trinajstić information content (AvgIpc) is 2.22. The third kappa shape index (κ3) is 3.91. The first-order valence-electron chi connectivity index (χ1n) is 4.40. The zero-order valence-electron chi connectivity index (χ0n) is 8.70. The Bertz CT molecular complexity index is 318. The van der Waals surface area contributed by atoms with Crippen LogP contribution in [-0.2, 0) is 9.47 Å². The number of benzene rings is 1. The van der Waals surface area contributed by atoms with E-state index in [1.54, 1.807) is 32.0 Å². The Kier molecular flexibility index (Phi) is 5.25. The molecule has 0 radical (unpaired) electrons. The second-order valence-corrected chi connectivity index (χ2v) is 4.37. The van der Waals surface area contributed by atoms with Crippen molar-refractivity contribution in [2.24, 2.45) is 0 Å². The van der Waals surface area contributed by atoms with Crippen molar-refractivity contribution in [2.45, 2.75) is 11.2 Å². The highest BCUT2D eigenvalue weighted by molar-refractivity contribution is 7.99. The molecule has 0 bridgehead atoms. The van der Waals surface area contributed by atoms with E-state index in [0.717, 1.165) is 4.90 Å². The van der Waals surface area contributed by atoms with Crippen LogP contribution in [0.4, 0.5) is 5.69 Å². The van der Waals surface area contributed by atoms with Crippen molar-refractivity contribution in [3.8, 4) is 0 Å². The van der Waals surface area contributed by atoms with E-state index in [0.29, 0.717) is 16.5 Å². The van der Waals surface area contributed by atoms with Gasteiger partial charge in [0.05, 0.1) is 5.02 Å². The molecule has 0 aliphatic carbocycles. The lowest BCUT2D eigenvalue weighted by molar-refractivity contribution is -0.0842. The summed E-state index contributed by atoms with van der Waals surface area (Å²) in [6, 6.07) is 5.45. The first kappa shape index (κ1) is 12.6. The van der Waals surface area contributed by atoms with Crippen molar-refractivity contribution < 1.29 is 9.47 Å². The lowest BCUT2D eigenvalue weighted by atomic mass is 10.3. The fourth-order valence-electron chi connectivity index (χ4n) is 1.02. The molecule has 0 amide bonds. The predicted octanol–water partition coefficient (Wildman–Crippen LogP) is 2.63. The Morgan fingerprint density at radius 3 is 2.60 bits per heavy atom. The highest BCUT2D eigenvalue weighted by Gasteiger charge is 2.08. The summed E-state index contributed by atoms with van der Waals surface area (Å²) in [4.78, 5) is 0.977. The summed E-state index contributed by atoms with van der Waals surface area (Å²) < 4.78 is 10.1. The zero-order valence-corrected chi connectivity index (χ0v) is 10.3. The largest absolute Gasteiger partial charge is 0.399 e. The van der Waals surface area contributed by atoms with Gasteiger partial charge in [-0.15, -0.1) is 11.8 Å². The fourth-order valence-corrected chi connectivity index (χ4v) is 2.33. The van der Waals surface area contributed by atoms with Gasteiger partial charge in [-0.05, 0) is 18.2 Å². The van der Waals surface area contributed by atoms with Gasteiger partial charge in [-0.2, -0.15) is 0 Å². The summed E-state index contributed by atoms with van der Waals surface area (Å²) in [5.41, 5.74) is 6.26. The summed E-state index contributed by atoms with van der Waals surface area (Å²) in [6.07, 6.45) is -0.219. The molecule has 0 saturated heterocycles. The van der Waals surface area contributed by atoms with Gasteiger partial charge in [0.2, 0.25) is 0 Å². The molecule has 1 rings (SSSR count). The van der Waals surface area contributed by atoms with Crippen LogP contribution < -0.4 is 5.73 Å². The van der Waals surface area contributed by atoms with Crippen LogP contribution in [-0.4, -0.2) is 26.3 Å². The molecule has 1 aromatic carbocycles. The second kappa shape index (κ2) is 6.23. The van der Waals surface area contributed by atoms with E-state index in [4.69, 9.17) is 26.8 Å². The van der Waals surface area contributed by atoms with Crippen molar-refractivity contribution >= 4 is 29.1 Å². The summed E-state index contributed by atoms with van der Waals surface area (Å²) in [7, 11) is 3.22. The number of hydrogen-bond donors (Lipinski definition) is 1. The molecule has 5 heteroatoms. The molecule has 0 spiro atoms. The van der Waals surface area contributed by atoms with E-state index in [-0.39, 0.29) is 6.29 Å². The van der Waals surface area contributed by atoms with E-state index in [2.05, 4.69) is 0 Å². The predicted molar refractivity (Wildman–Crippen MR) is 64.4 cm³/mol. The minimum absolute atomic E-state index is 0.219. The zero-order chi connectivity index (χ0) is 11.3. The molecule has 0 unspecified atom stereocenters. The first-order valence-corrected chi connectivity index (χ1v) is 5.77. The number of halogens is 1. The number of rotatable bonds is 5. The number of nitrogen functional groups attached to an aromatic ring is 1. The molecule has 84 valence electrons. The molecule has 0 heterocycles. The SMILES string of the molecule is COC(CSc1ccc(N)cc1Cl)OC. The number of hydrogen-bond acceptors (Lipinski definition) is 4. The molecule has 3 nitrogen and oxygen atoms in total. The third-order valence-electron chi connectivity index (χ3n) is 1.86. The Labute approximate surface area is 98.9 Å². The summed E-state index contributed by atoms with van der Waals surface area (Å²) in [5, 5.41) is 0.658. The number of nitrogens with two attached hydrogens (primary N) is 1. The number of thioether (sulfide) groups is 1.